The molecule has 0 N–H and O–H groups in total. The number of ether oxygens (including phenoxy) is 2. The van der Waals surface area contributed by atoms with Crippen LogP contribution in [0.1, 0.15) is 85.6 Å². The van der Waals surface area contributed by atoms with Gasteiger partial charge in [-0.05, 0) is 72.0 Å². The quantitative estimate of drug-likeness (QED) is 0.116. The Morgan fingerprint density at radius 1 is 0.757 bits per heavy atom. The lowest BCUT2D eigenvalue weighted by atomic mass is 10.0. The monoisotopic (exact) mass is 496 g/mol. The topological polar surface area (TPSA) is 52.6 Å². The lowest BCUT2D eigenvalue weighted by molar-refractivity contribution is 0.0447. The summed E-state index contributed by atoms with van der Waals surface area (Å²) in [6, 6.07) is 21.8. The second-order valence-corrected chi connectivity index (χ2v) is 9.29. The van der Waals surface area contributed by atoms with Crippen LogP contribution in [-0.4, -0.2) is 18.5 Å². The zero-order valence-corrected chi connectivity index (χ0v) is 22.1. The van der Waals surface area contributed by atoms with Crippen molar-refractivity contribution in [3.8, 4) is 28.7 Å². The first kappa shape index (κ1) is 27.7. The fourth-order valence-electron chi connectivity index (χ4n) is 3.59. The van der Waals surface area contributed by atoms with Gasteiger partial charge in [-0.25, -0.2) is 9.59 Å². The standard InChI is InChI=1S/C33H36O4/c1-4-6-7-8-9-10-11-26-12-14-30(15-13-26)33(35)37-31-22-20-28(21-23-31)27-16-18-29(19-17-27)32(34)36-24-25(3)5-2/h12-23,25H,4-9,24H2,1-3H3. The SMILES string of the molecule is CCCCCCC#Cc1ccc(C(=O)Oc2ccc(-c3ccc(C(=O)OCC(C)CC)cc3)cc2)cc1. The van der Waals surface area contributed by atoms with Crippen LogP contribution in [0.15, 0.2) is 72.8 Å². The van der Waals surface area contributed by atoms with Gasteiger partial charge in [0, 0.05) is 12.0 Å². The summed E-state index contributed by atoms with van der Waals surface area (Å²) in [6.45, 7) is 6.75. The molecule has 3 aromatic rings. The molecular formula is C33H36O4. The van der Waals surface area contributed by atoms with Crippen molar-refractivity contribution in [1.29, 1.82) is 0 Å². The van der Waals surface area contributed by atoms with Gasteiger partial charge >= 0.3 is 11.9 Å². The van der Waals surface area contributed by atoms with Crippen LogP contribution in [0, 0.1) is 17.8 Å². The van der Waals surface area contributed by atoms with Gasteiger partial charge < -0.3 is 9.47 Å². The number of carbonyl (C=O) groups is 2. The first-order valence-corrected chi connectivity index (χ1v) is 13.2. The Hall–Kier alpha value is -3.84. The molecule has 0 heterocycles. The Morgan fingerprint density at radius 2 is 1.35 bits per heavy atom. The van der Waals surface area contributed by atoms with Gasteiger partial charge in [0.05, 0.1) is 17.7 Å². The normalized spacial score (nSPS) is 11.2. The van der Waals surface area contributed by atoms with E-state index in [-0.39, 0.29) is 5.97 Å². The molecule has 0 saturated carbocycles. The van der Waals surface area contributed by atoms with Gasteiger partial charge in [-0.2, -0.15) is 0 Å². The van der Waals surface area contributed by atoms with Crippen molar-refractivity contribution in [3.05, 3.63) is 89.5 Å². The summed E-state index contributed by atoms with van der Waals surface area (Å²) in [5, 5.41) is 0. The van der Waals surface area contributed by atoms with Crippen LogP contribution in [0.5, 0.6) is 5.75 Å². The number of rotatable bonds is 11. The Bertz CT molecular complexity index is 1200. The van der Waals surface area contributed by atoms with Gasteiger partial charge in [-0.15, -0.1) is 0 Å². The molecule has 3 aromatic carbocycles. The molecule has 1 atom stereocenters. The summed E-state index contributed by atoms with van der Waals surface area (Å²) in [4.78, 5) is 24.8. The molecule has 0 saturated heterocycles. The van der Waals surface area contributed by atoms with Crippen LogP contribution >= 0.6 is 0 Å². The molecule has 0 aliphatic carbocycles. The van der Waals surface area contributed by atoms with E-state index in [1.54, 1.807) is 36.4 Å². The van der Waals surface area contributed by atoms with Crippen LogP contribution in [0.4, 0.5) is 0 Å². The molecule has 0 spiro atoms. The molecule has 1 unspecified atom stereocenters. The number of carbonyl (C=O) groups excluding carboxylic acids is 2. The van der Waals surface area contributed by atoms with E-state index in [1.807, 2.05) is 36.4 Å². The van der Waals surface area contributed by atoms with Gasteiger partial charge in [0.2, 0.25) is 0 Å². The van der Waals surface area contributed by atoms with E-state index in [0.29, 0.717) is 29.4 Å². The lowest BCUT2D eigenvalue weighted by Gasteiger charge is -2.10. The Balaban J connectivity index is 1.53. The molecule has 3 rings (SSSR count). The van der Waals surface area contributed by atoms with Gasteiger partial charge in [-0.3, -0.25) is 0 Å². The van der Waals surface area contributed by atoms with Crippen molar-refractivity contribution in [2.24, 2.45) is 5.92 Å². The largest absolute Gasteiger partial charge is 0.462 e. The van der Waals surface area contributed by atoms with Gasteiger partial charge in [-0.1, -0.05) is 82.6 Å². The maximum atomic E-state index is 12.6. The van der Waals surface area contributed by atoms with Crippen LogP contribution in [-0.2, 0) is 4.74 Å². The minimum Gasteiger partial charge on any atom is -0.462 e. The Kier molecular flexibility index (Phi) is 11.0. The van der Waals surface area contributed by atoms with Crippen molar-refractivity contribution in [3.63, 3.8) is 0 Å². The molecule has 0 fully saturated rings. The third-order valence-corrected chi connectivity index (χ3v) is 6.22. The first-order valence-electron chi connectivity index (χ1n) is 13.2. The predicted octanol–water partition coefficient (Wildman–Crippen LogP) is 8.10. The molecule has 0 amide bonds. The molecule has 4 nitrogen and oxygen atoms in total. The fourth-order valence-corrected chi connectivity index (χ4v) is 3.59. The average Bonchev–Trinajstić information content (AvgIpc) is 2.94. The first-order chi connectivity index (χ1) is 18.0. The maximum Gasteiger partial charge on any atom is 0.343 e. The van der Waals surface area contributed by atoms with E-state index < -0.39 is 5.97 Å². The van der Waals surface area contributed by atoms with E-state index in [2.05, 4.69) is 32.6 Å². The number of benzene rings is 3. The van der Waals surface area contributed by atoms with E-state index in [9.17, 15) is 9.59 Å². The van der Waals surface area contributed by atoms with Crippen LogP contribution in [0.2, 0.25) is 0 Å². The minimum absolute atomic E-state index is 0.309. The summed E-state index contributed by atoms with van der Waals surface area (Å²) in [5.74, 6) is 6.45. The van der Waals surface area contributed by atoms with Crippen molar-refractivity contribution in [2.45, 2.75) is 59.3 Å². The minimum atomic E-state index is -0.410. The van der Waals surface area contributed by atoms with Gasteiger partial charge in [0.15, 0.2) is 0 Å². The fraction of sp³-hybridized carbons (Fsp3) is 0.333. The Morgan fingerprint density at radius 3 is 1.97 bits per heavy atom. The zero-order chi connectivity index (χ0) is 26.5. The van der Waals surface area contributed by atoms with E-state index in [1.165, 1.54) is 19.3 Å². The summed E-state index contributed by atoms with van der Waals surface area (Å²) < 4.78 is 10.9. The molecule has 0 bridgehead atoms. The number of unbranched alkanes of at least 4 members (excludes halogenated alkanes) is 4. The third-order valence-electron chi connectivity index (χ3n) is 6.22. The highest BCUT2D eigenvalue weighted by Crippen LogP contribution is 2.24. The van der Waals surface area contributed by atoms with E-state index >= 15 is 0 Å². The lowest BCUT2D eigenvalue weighted by Crippen LogP contribution is -2.11. The summed E-state index contributed by atoms with van der Waals surface area (Å²) in [7, 11) is 0. The molecule has 0 radical (unpaired) electrons. The maximum absolute atomic E-state index is 12.6. The van der Waals surface area contributed by atoms with Crippen molar-refractivity contribution in [1.82, 2.24) is 0 Å². The molecular weight excluding hydrogens is 460 g/mol. The van der Waals surface area contributed by atoms with Gasteiger partial charge in [0.25, 0.3) is 0 Å². The number of esters is 2. The van der Waals surface area contributed by atoms with Crippen molar-refractivity contribution in [2.75, 3.05) is 6.61 Å². The molecule has 0 aliphatic rings. The molecule has 37 heavy (non-hydrogen) atoms. The highest BCUT2D eigenvalue weighted by atomic mass is 16.5. The van der Waals surface area contributed by atoms with Crippen molar-refractivity contribution >= 4 is 11.9 Å². The Labute approximate surface area is 221 Å². The molecule has 0 aromatic heterocycles. The predicted molar refractivity (Wildman–Crippen MR) is 149 cm³/mol. The van der Waals surface area contributed by atoms with Crippen molar-refractivity contribution < 1.29 is 19.1 Å². The molecule has 192 valence electrons. The second-order valence-electron chi connectivity index (χ2n) is 9.29. The van der Waals surface area contributed by atoms with Crippen LogP contribution in [0.3, 0.4) is 0 Å². The van der Waals surface area contributed by atoms with E-state index in [4.69, 9.17) is 9.47 Å². The smallest absolute Gasteiger partial charge is 0.343 e. The zero-order valence-electron chi connectivity index (χ0n) is 22.1. The highest BCUT2D eigenvalue weighted by Gasteiger charge is 2.11. The van der Waals surface area contributed by atoms with E-state index in [0.717, 1.165) is 36.0 Å². The third kappa shape index (κ3) is 8.95. The van der Waals surface area contributed by atoms with Crippen LogP contribution in [0.25, 0.3) is 11.1 Å². The summed E-state index contributed by atoms with van der Waals surface area (Å²) in [5.41, 5.74) is 3.82. The van der Waals surface area contributed by atoms with Gasteiger partial charge in [0.1, 0.15) is 5.75 Å². The number of hydrogen-bond donors (Lipinski definition) is 0. The summed E-state index contributed by atoms with van der Waals surface area (Å²) >= 11 is 0. The highest BCUT2D eigenvalue weighted by molar-refractivity contribution is 5.91. The average molecular weight is 497 g/mol. The molecule has 4 heteroatoms. The number of hydrogen-bond acceptors (Lipinski definition) is 4. The second kappa shape index (κ2) is 14.7. The van der Waals surface area contributed by atoms with Crippen LogP contribution < -0.4 is 4.74 Å². The summed E-state index contributed by atoms with van der Waals surface area (Å²) in [6.07, 6.45) is 6.69. The molecule has 0 aliphatic heterocycles.